The summed E-state index contributed by atoms with van der Waals surface area (Å²) in [6.07, 6.45) is 3.85. The molecular weight excluding hydrogens is 188 g/mol. The van der Waals surface area contributed by atoms with E-state index in [1.807, 2.05) is 0 Å². The van der Waals surface area contributed by atoms with E-state index in [1.165, 1.54) is 0 Å². The van der Waals surface area contributed by atoms with Crippen molar-refractivity contribution in [3.63, 3.8) is 0 Å². The van der Waals surface area contributed by atoms with Gasteiger partial charge in [-0.3, -0.25) is 4.21 Å². The van der Waals surface area contributed by atoms with Crippen LogP contribution in [0.5, 0.6) is 0 Å². The van der Waals surface area contributed by atoms with Gasteiger partial charge in [-0.05, 0) is 12.8 Å². The number of nitrogens with zero attached hydrogens (tertiary/aromatic N) is 1. The lowest BCUT2D eigenvalue weighted by molar-refractivity contribution is 0.209. The van der Waals surface area contributed by atoms with Gasteiger partial charge in [0.25, 0.3) is 0 Å². The average Bonchev–Trinajstić information content (AvgIpc) is 2.55. The molecule has 0 aliphatic carbocycles. The first-order valence-corrected chi connectivity index (χ1v) is 6.25. The van der Waals surface area contributed by atoms with Crippen LogP contribution < -0.4 is 5.32 Å². The first-order chi connectivity index (χ1) is 6.20. The zero-order valence-corrected chi connectivity index (χ0v) is 8.73. The highest BCUT2D eigenvalue weighted by atomic mass is 32.2. The fourth-order valence-electron chi connectivity index (χ4n) is 1.33. The molecule has 1 aliphatic rings. The second-order valence-electron chi connectivity index (χ2n) is 3.20. The zero-order valence-electron chi connectivity index (χ0n) is 7.91. The molecule has 1 aliphatic heterocycles. The molecule has 4 nitrogen and oxygen atoms in total. The van der Waals surface area contributed by atoms with E-state index in [0.717, 1.165) is 25.9 Å². The topological polar surface area (TPSA) is 49.4 Å². The van der Waals surface area contributed by atoms with E-state index in [1.54, 1.807) is 11.2 Å². The average molecular weight is 204 g/mol. The largest absolute Gasteiger partial charge is 0.337 e. The van der Waals surface area contributed by atoms with E-state index in [4.69, 9.17) is 0 Å². The van der Waals surface area contributed by atoms with Crippen molar-refractivity contribution in [1.29, 1.82) is 0 Å². The Hall–Kier alpha value is -0.580. The molecule has 0 aromatic carbocycles. The second-order valence-corrected chi connectivity index (χ2v) is 4.76. The molecule has 1 rings (SSSR count). The summed E-state index contributed by atoms with van der Waals surface area (Å²) in [7, 11) is -0.817. The summed E-state index contributed by atoms with van der Waals surface area (Å²) in [5.41, 5.74) is 0. The van der Waals surface area contributed by atoms with E-state index in [-0.39, 0.29) is 6.03 Å². The molecule has 1 unspecified atom stereocenters. The molecule has 76 valence electrons. The Morgan fingerprint density at radius 2 is 2.08 bits per heavy atom. The number of urea groups is 1. The van der Waals surface area contributed by atoms with Gasteiger partial charge in [0.05, 0.1) is 0 Å². The molecule has 1 fully saturated rings. The fourth-order valence-corrected chi connectivity index (χ4v) is 1.72. The van der Waals surface area contributed by atoms with Gasteiger partial charge in [0, 0.05) is 42.4 Å². The van der Waals surface area contributed by atoms with E-state index in [2.05, 4.69) is 5.32 Å². The number of nitrogens with one attached hydrogen (secondary N) is 1. The summed E-state index contributed by atoms with van der Waals surface area (Å²) in [6, 6.07) is -0.0112. The van der Waals surface area contributed by atoms with E-state index in [0.29, 0.717) is 12.3 Å². The van der Waals surface area contributed by atoms with Gasteiger partial charge < -0.3 is 10.2 Å². The SMILES string of the molecule is CS(=O)CCNC(=O)N1CCCC1. The van der Waals surface area contributed by atoms with E-state index >= 15 is 0 Å². The summed E-state index contributed by atoms with van der Waals surface area (Å²) in [4.78, 5) is 13.1. The van der Waals surface area contributed by atoms with Gasteiger partial charge in [0.2, 0.25) is 0 Å². The zero-order chi connectivity index (χ0) is 9.68. The first kappa shape index (κ1) is 10.5. The summed E-state index contributed by atoms with van der Waals surface area (Å²) in [5.74, 6) is 0.541. The quantitative estimate of drug-likeness (QED) is 0.712. The van der Waals surface area contributed by atoms with Crippen LogP contribution in [-0.2, 0) is 10.8 Å². The highest BCUT2D eigenvalue weighted by Crippen LogP contribution is 2.06. The molecule has 1 saturated heterocycles. The van der Waals surface area contributed by atoms with E-state index in [9.17, 15) is 9.00 Å². The third-order valence-corrected chi connectivity index (χ3v) is 2.84. The third kappa shape index (κ3) is 3.76. The Bertz CT molecular complexity index is 202. The maximum Gasteiger partial charge on any atom is 0.317 e. The van der Waals surface area contributed by atoms with Crippen molar-refractivity contribution < 1.29 is 9.00 Å². The molecular formula is C8H16N2O2S. The van der Waals surface area contributed by atoms with Gasteiger partial charge in [0.15, 0.2) is 0 Å². The number of amides is 2. The predicted molar refractivity (Wildman–Crippen MR) is 53.1 cm³/mol. The van der Waals surface area contributed by atoms with Crippen LogP contribution in [0.2, 0.25) is 0 Å². The fraction of sp³-hybridized carbons (Fsp3) is 0.875. The van der Waals surface area contributed by atoms with Crippen molar-refractivity contribution >= 4 is 16.8 Å². The molecule has 0 aromatic rings. The lowest BCUT2D eigenvalue weighted by Crippen LogP contribution is -2.39. The van der Waals surface area contributed by atoms with Gasteiger partial charge in [0.1, 0.15) is 0 Å². The third-order valence-electron chi connectivity index (χ3n) is 2.06. The van der Waals surface area contributed by atoms with Crippen LogP contribution in [0.15, 0.2) is 0 Å². The number of likely N-dealkylation sites (tertiary alicyclic amines) is 1. The molecule has 0 radical (unpaired) electrons. The first-order valence-electron chi connectivity index (χ1n) is 4.53. The molecule has 0 spiro atoms. The number of rotatable bonds is 3. The summed E-state index contributed by atoms with van der Waals surface area (Å²) >= 11 is 0. The van der Waals surface area contributed by atoms with Gasteiger partial charge in [-0.1, -0.05) is 0 Å². The Morgan fingerprint density at radius 3 is 2.62 bits per heavy atom. The second kappa shape index (κ2) is 5.21. The van der Waals surface area contributed by atoms with Crippen molar-refractivity contribution in [2.45, 2.75) is 12.8 Å². The van der Waals surface area contributed by atoms with Crippen LogP contribution >= 0.6 is 0 Å². The standard InChI is InChI=1S/C8H16N2O2S/c1-13(12)7-4-9-8(11)10-5-2-3-6-10/h2-7H2,1H3,(H,9,11). The molecule has 1 heterocycles. The molecule has 13 heavy (non-hydrogen) atoms. The number of hydrogen-bond donors (Lipinski definition) is 1. The Labute approximate surface area is 81.1 Å². The maximum atomic E-state index is 11.3. The Morgan fingerprint density at radius 1 is 1.46 bits per heavy atom. The van der Waals surface area contributed by atoms with Gasteiger partial charge >= 0.3 is 6.03 Å². The normalized spacial score (nSPS) is 18.7. The van der Waals surface area contributed by atoms with Crippen molar-refractivity contribution in [2.24, 2.45) is 0 Å². The minimum atomic E-state index is -0.817. The maximum absolute atomic E-state index is 11.3. The minimum absolute atomic E-state index is 0.0112. The number of carbonyl (C=O) groups excluding carboxylic acids is 1. The van der Waals surface area contributed by atoms with Gasteiger partial charge in [-0.25, -0.2) is 4.79 Å². The van der Waals surface area contributed by atoms with Crippen molar-refractivity contribution in [2.75, 3.05) is 31.6 Å². The van der Waals surface area contributed by atoms with Crippen molar-refractivity contribution in [1.82, 2.24) is 10.2 Å². The molecule has 5 heteroatoms. The van der Waals surface area contributed by atoms with Crippen LogP contribution in [0.4, 0.5) is 4.79 Å². The lowest BCUT2D eigenvalue weighted by Gasteiger charge is -2.15. The van der Waals surface area contributed by atoms with Crippen LogP contribution in [0.25, 0.3) is 0 Å². The molecule has 0 saturated carbocycles. The molecule has 2 amide bonds. The molecule has 0 aromatic heterocycles. The number of carbonyl (C=O) groups is 1. The number of hydrogen-bond acceptors (Lipinski definition) is 2. The highest BCUT2D eigenvalue weighted by Gasteiger charge is 2.16. The predicted octanol–water partition coefficient (Wildman–Crippen LogP) is 0.170. The van der Waals surface area contributed by atoms with Gasteiger partial charge in [-0.2, -0.15) is 0 Å². The van der Waals surface area contributed by atoms with Crippen LogP contribution in [0.3, 0.4) is 0 Å². The monoisotopic (exact) mass is 204 g/mol. The smallest absolute Gasteiger partial charge is 0.317 e. The van der Waals surface area contributed by atoms with Crippen molar-refractivity contribution in [3.05, 3.63) is 0 Å². The highest BCUT2D eigenvalue weighted by molar-refractivity contribution is 7.84. The van der Waals surface area contributed by atoms with E-state index < -0.39 is 10.8 Å². The minimum Gasteiger partial charge on any atom is -0.337 e. The summed E-state index contributed by atoms with van der Waals surface area (Å²) in [5, 5.41) is 2.75. The van der Waals surface area contributed by atoms with Gasteiger partial charge in [-0.15, -0.1) is 0 Å². The van der Waals surface area contributed by atoms with Crippen LogP contribution in [0, 0.1) is 0 Å². The molecule has 1 atom stereocenters. The van der Waals surface area contributed by atoms with Crippen LogP contribution in [-0.4, -0.2) is 46.8 Å². The van der Waals surface area contributed by atoms with Crippen LogP contribution in [0.1, 0.15) is 12.8 Å². The summed E-state index contributed by atoms with van der Waals surface area (Å²) in [6.45, 7) is 2.24. The summed E-state index contributed by atoms with van der Waals surface area (Å²) < 4.78 is 10.7. The molecule has 0 bridgehead atoms. The molecule has 1 N–H and O–H groups in total. The lowest BCUT2D eigenvalue weighted by atomic mass is 10.4. The van der Waals surface area contributed by atoms with Crippen molar-refractivity contribution in [3.8, 4) is 0 Å². The Kier molecular flexibility index (Phi) is 4.21. The Balaban J connectivity index is 2.13.